The molecule has 1 rings (SSSR count). The first kappa shape index (κ1) is 12.1. The zero-order chi connectivity index (χ0) is 11.3. The number of likely N-dealkylation sites (N-methyl/N-ethyl adjacent to an activating group) is 1. The molecule has 0 aliphatic carbocycles. The van der Waals surface area contributed by atoms with Crippen LogP contribution >= 0.6 is 0 Å². The van der Waals surface area contributed by atoms with Gasteiger partial charge in [0.15, 0.2) is 0 Å². The Bertz CT molecular complexity index is 276. The fourth-order valence-corrected chi connectivity index (χ4v) is 1.52. The van der Waals surface area contributed by atoms with Gasteiger partial charge >= 0.3 is 0 Å². The SMILES string of the molecule is CCC(O)CN(C)C(C)c1ccncc1. The monoisotopic (exact) mass is 208 g/mol. The molecule has 0 amide bonds. The topological polar surface area (TPSA) is 36.4 Å². The minimum atomic E-state index is -0.237. The maximum atomic E-state index is 9.57. The van der Waals surface area contributed by atoms with Gasteiger partial charge in [0.05, 0.1) is 6.10 Å². The lowest BCUT2D eigenvalue weighted by Crippen LogP contribution is -2.31. The number of pyridine rings is 1. The predicted molar refractivity (Wildman–Crippen MR) is 61.6 cm³/mol. The summed E-state index contributed by atoms with van der Waals surface area (Å²) in [6.07, 6.45) is 4.17. The molecule has 0 fully saturated rings. The van der Waals surface area contributed by atoms with Crippen LogP contribution < -0.4 is 0 Å². The zero-order valence-corrected chi connectivity index (χ0v) is 9.72. The van der Waals surface area contributed by atoms with Gasteiger partial charge in [0.25, 0.3) is 0 Å². The van der Waals surface area contributed by atoms with Gasteiger partial charge in [-0.25, -0.2) is 0 Å². The van der Waals surface area contributed by atoms with Crippen LogP contribution in [0.3, 0.4) is 0 Å². The number of aromatic nitrogens is 1. The van der Waals surface area contributed by atoms with Gasteiger partial charge in [-0.3, -0.25) is 9.88 Å². The van der Waals surface area contributed by atoms with E-state index in [2.05, 4.69) is 16.8 Å². The molecule has 1 N–H and O–H groups in total. The van der Waals surface area contributed by atoms with Crippen molar-refractivity contribution in [2.45, 2.75) is 32.4 Å². The summed E-state index contributed by atoms with van der Waals surface area (Å²) in [5.74, 6) is 0. The summed E-state index contributed by atoms with van der Waals surface area (Å²) in [7, 11) is 2.03. The Balaban J connectivity index is 2.57. The van der Waals surface area contributed by atoms with Crippen LogP contribution in [0.2, 0.25) is 0 Å². The Morgan fingerprint density at radius 2 is 2.00 bits per heavy atom. The van der Waals surface area contributed by atoms with Crippen LogP contribution in [0.4, 0.5) is 0 Å². The van der Waals surface area contributed by atoms with Crippen LogP contribution in [0.1, 0.15) is 31.9 Å². The van der Waals surface area contributed by atoms with Crippen molar-refractivity contribution in [1.82, 2.24) is 9.88 Å². The molecule has 3 heteroatoms. The molecule has 0 aliphatic heterocycles. The summed E-state index contributed by atoms with van der Waals surface area (Å²) in [6, 6.07) is 4.34. The first-order valence-electron chi connectivity index (χ1n) is 5.43. The van der Waals surface area contributed by atoms with E-state index in [-0.39, 0.29) is 6.10 Å². The lowest BCUT2D eigenvalue weighted by Gasteiger charge is -2.26. The smallest absolute Gasteiger partial charge is 0.0664 e. The minimum Gasteiger partial charge on any atom is -0.392 e. The molecular weight excluding hydrogens is 188 g/mol. The van der Waals surface area contributed by atoms with Gasteiger partial charge in [0, 0.05) is 25.0 Å². The molecule has 3 nitrogen and oxygen atoms in total. The fourth-order valence-electron chi connectivity index (χ4n) is 1.52. The zero-order valence-electron chi connectivity index (χ0n) is 9.72. The first-order chi connectivity index (χ1) is 7.15. The second-order valence-electron chi connectivity index (χ2n) is 3.96. The van der Waals surface area contributed by atoms with E-state index in [1.54, 1.807) is 12.4 Å². The van der Waals surface area contributed by atoms with Gasteiger partial charge < -0.3 is 5.11 Å². The van der Waals surface area contributed by atoms with E-state index in [1.165, 1.54) is 5.56 Å². The van der Waals surface area contributed by atoms with Crippen LogP contribution in [-0.4, -0.2) is 34.7 Å². The largest absolute Gasteiger partial charge is 0.392 e. The van der Waals surface area contributed by atoms with Gasteiger partial charge in [-0.05, 0) is 38.1 Å². The van der Waals surface area contributed by atoms with E-state index >= 15 is 0 Å². The number of hydrogen-bond acceptors (Lipinski definition) is 3. The average Bonchev–Trinajstić information content (AvgIpc) is 2.29. The van der Waals surface area contributed by atoms with Gasteiger partial charge in [-0.1, -0.05) is 6.92 Å². The number of nitrogens with zero attached hydrogens (tertiary/aromatic N) is 2. The highest BCUT2D eigenvalue weighted by Gasteiger charge is 2.13. The summed E-state index contributed by atoms with van der Waals surface area (Å²) in [5, 5.41) is 9.57. The molecule has 84 valence electrons. The van der Waals surface area contributed by atoms with Crippen molar-refractivity contribution in [3.63, 3.8) is 0 Å². The molecule has 0 radical (unpaired) electrons. The van der Waals surface area contributed by atoms with Gasteiger partial charge in [-0.15, -0.1) is 0 Å². The van der Waals surface area contributed by atoms with Crippen molar-refractivity contribution in [2.75, 3.05) is 13.6 Å². The van der Waals surface area contributed by atoms with Crippen LogP contribution in [0.15, 0.2) is 24.5 Å². The second-order valence-corrected chi connectivity index (χ2v) is 3.96. The van der Waals surface area contributed by atoms with E-state index in [0.717, 1.165) is 6.42 Å². The lowest BCUT2D eigenvalue weighted by molar-refractivity contribution is 0.105. The molecule has 2 unspecified atom stereocenters. The second kappa shape index (κ2) is 5.83. The molecule has 0 spiro atoms. The highest BCUT2D eigenvalue weighted by Crippen LogP contribution is 2.17. The average molecular weight is 208 g/mol. The third-order valence-electron chi connectivity index (χ3n) is 2.82. The molecule has 0 bridgehead atoms. The number of hydrogen-bond donors (Lipinski definition) is 1. The molecule has 2 atom stereocenters. The van der Waals surface area contributed by atoms with Crippen molar-refractivity contribution in [3.8, 4) is 0 Å². The summed E-state index contributed by atoms with van der Waals surface area (Å²) in [5.41, 5.74) is 1.23. The number of rotatable bonds is 5. The standard InChI is InChI=1S/C12H20N2O/c1-4-12(15)9-14(3)10(2)11-5-7-13-8-6-11/h5-8,10,12,15H,4,9H2,1-3H3. The Morgan fingerprint density at radius 1 is 1.40 bits per heavy atom. The Labute approximate surface area is 91.8 Å². The quantitative estimate of drug-likeness (QED) is 0.802. The first-order valence-corrected chi connectivity index (χ1v) is 5.43. The molecule has 0 saturated heterocycles. The molecule has 0 saturated carbocycles. The van der Waals surface area contributed by atoms with Gasteiger partial charge in [0.1, 0.15) is 0 Å². The van der Waals surface area contributed by atoms with Crippen molar-refractivity contribution in [1.29, 1.82) is 0 Å². The molecule has 15 heavy (non-hydrogen) atoms. The van der Waals surface area contributed by atoms with Crippen molar-refractivity contribution < 1.29 is 5.11 Å². The highest BCUT2D eigenvalue weighted by atomic mass is 16.3. The lowest BCUT2D eigenvalue weighted by atomic mass is 10.1. The predicted octanol–water partition coefficient (Wildman–Crippen LogP) is 1.85. The van der Waals surface area contributed by atoms with Gasteiger partial charge in [-0.2, -0.15) is 0 Å². The third kappa shape index (κ3) is 3.61. The van der Waals surface area contributed by atoms with Crippen molar-refractivity contribution in [3.05, 3.63) is 30.1 Å². The van der Waals surface area contributed by atoms with E-state index < -0.39 is 0 Å². The van der Waals surface area contributed by atoms with E-state index in [9.17, 15) is 5.11 Å². The number of aliphatic hydroxyl groups is 1. The fraction of sp³-hybridized carbons (Fsp3) is 0.583. The molecule has 1 aromatic rings. The minimum absolute atomic E-state index is 0.237. The van der Waals surface area contributed by atoms with Gasteiger partial charge in [0.2, 0.25) is 0 Å². The number of aliphatic hydroxyl groups excluding tert-OH is 1. The maximum absolute atomic E-state index is 9.57. The molecule has 1 heterocycles. The molecule has 0 aromatic carbocycles. The Hall–Kier alpha value is -0.930. The molecule has 1 aromatic heterocycles. The normalized spacial score (nSPS) is 15.3. The van der Waals surface area contributed by atoms with Crippen molar-refractivity contribution in [2.24, 2.45) is 0 Å². The van der Waals surface area contributed by atoms with Crippen LogP contribution in [-0.2, 0) is 0 Å². The molecule has 0 aliphatic rings. The van der Waals surface area contributed by atoms with Crippen molar-refractivity contribution >= 4 is 0 Å². The third-order valence-corrected chi connectivity index (χ3v) is 2.82. The Kier molecular flexibility index (Phi) is 4.72. The summed E-state index contributed by atoms with van der Waals surface area (Å²) < 4.78 is 0. The summed E-state index contributed by atoms with van der Waals surface area (Å²) in [6.45, 7) is 4.84. The van der Waals surface area contributed by atoms with E-state index in [0.29, 0.717) is 12.6 Å². The Morgan fingerprint density at radius 3 is 2.53 bits per heavy atom. The van der Waals surface area contributed by atoms with Crippen LogP contribution in [0.5, 0.6) is 0 Å². The summed E-state index contributed by atoms with van der Waals surface area (Å²) in [4.78, 5) is 6.15. The summed E-state index contributed by atoms with van der Waals surface area (Å²) >= 11 is 0. The maximum Gasteiger partial charge on any atom is 0.0664 e. The van der Waals surface area contributed by atoms with Crippen LogP contribution in [0, 0.1) is 0 Å². The van der Waals surface area contributed by atoms with E-state index in [4.69, 9.17) is 0 Å². The van der Waals surface area contributed by atoms with Crippen LogP contribution in [0.25, 0.3) is 0 Å². The molecular formula is C12H20N2O. The highest BCUT2D eigenvalue weighted by molar-refractivity contribution is 5.14. The van der Waals surface area contributed by atoms with E-state index in [1.807, 2.05) is 26.1 Å².